The van der Waals surface area contributed by atoms with E-state index in [1.807, 2.05) is 30.3 Å². The van der Waals surface area contributed by atoms with Gasteiger partial charge in [-0.15, -0.1) is 0 Å². The first-order valence-corrected chi connectivity index (χ1v) is 19.2. The SMILES string of the molecule is CS(=O)(=O)N1CCc2c(c(-c3ccc(Cl)c(C#Cc4ccc(C(=O)NCCN5CCOCC5)cc4)c3)nn2CCCN2CCCCC2)C1. The van der Waals surface area contributed by atoms with E-state index in [9.17, 15) is 13.2 Å². The van der Waals surface area contributed by atoms with Gasteiger partial charge >= 0.3 is 0 Å². The van der Waals surface area contributed by atoms with Crippen molar-refractivity contribution < 1.29 is 17.9 Å². The molecule has 2 fully saturated rings. The van der Waals surface area contributed by atoms with E-state index in [0.29, 0.717) is 42.2 Å². The van der Waals surface area contributed by atoms with Crippen molar-refractivity contribution in [3.63, 3.8) is 0 Å². The number of piperidine rings is 1. The van der Waals surface area contributed by atoms with Crippen LogP contribution in [0.5, 0.6) is 0 Å². The molecule has 256 valence electrons. The van der Waals surface area contributed by atoms with E-state index in [1.165, 1.54) is 29.8 Å². The number of morpholine rings is 1. The number of ether oxygens (including phenoxy) is 1. The zero-order chi connectivity index (χ0) is 33.5. The molecule has 1 amide bonds. The Morgan fingerprint density at radius 1 is 0.938 bits per heavy atom. The van der Waals surface area contributed by atoms with Crippen LogP contribution in [-0.2, 0) is 34.3 Å². The van der Waals surface area contributed by atoms with Crippen LogP contribution in [0, 0.1) is 11.8 Å². The standard InChI is InChI=1S/C36H45ClN6O4S/c1-48(45,46)42-20-14-34-32(27-42)35(39-43(34)19-5-18-40-16-3-2-4-17-40)31-12-13-33(37)30(26-31)11-8-28-6-9-29(10-7-28)36(44)38-15-21-41-22-24-47-25-23-41/h6-7,9-10,12-13,26H,2-5,14-25,27H2,1H3,(H,38,44). The number of halogens is 1. The zero-order valence-electron chi connectivity index (χ0n) is 27.7. The Morgan fingerprint density at radius 2 is 1.69 bits per heavy atom. The van der Waals surface area contributed by atoms with E-state index >= 15 is 0 Å². The lowest BCUT2D eigenvalue weighted by molar-refractivity contribution is 0.0383. The zero-order valence-corrected chi connectivity index (χ0v) is 29.3. The quantitative estimate of drug-likeness (QED) is 0.322. The highest BCUT2D eigenvalue weighted by atomic mass is 35.5. The number of rotatable bonds is 10. The van der Waals surface area contributed by atoms with Gasteiger partial charge in [0.25, 0.3) is 5.91 Å². The minimum Gasteiger partial charge on any atom is -0.379 e. The largest absolute Gasteiger partial charge is 0.379 e. The molecule has 10 nitrogen and oxygen atoms in total. The molecule has 0 radical (unpaired) electrons. The molecule has 6 rings (SSSR count). The summed E-state index contributed by atoms with van der Waals surface area (Å²) in [4.78, 5) is 17.5. The molecule has 3 aromatic rings. The number of nitrogens with zero attached hydrogens (tertiary/aromatic N) is 5. The fraction of sp³-hybridized carbons (Fsp3) is 0.500. The fourth-order valence-corrected chi connectivity index (χ4v) is 7.61. The summed E-state index contributed by atoms with van der Waals surface area (Å²) < 4.78 is 34.0. The van der Waals surface area contributed by atoms with E-state index in [1.54, 1.807) is 12.1 Å². The first-order chi connectivity index (χ1) is 23.2. The number of aryl methyl sites for hydroxylation is 1. The van der Waals surface area contributed by atoms with Crippen molar-refractivity contribution in [3.05, 3.63) is 75.4 Å². The lowest BCUT2D eigenvalue weighted by Gasteiger charge is -2.27. The highest BCUT2D eigenvalue weighted by Gasteiger charge is 2.30. The van der Waals surface area contributed by atoms with Gasteiger partial charge in [-0.25, -0.2) is 8.42 Å². The number of carbonyl (C=O) groups is 1. The monoisotopic (exact) mass is 692 g/mol. The molecule has 0 unspecified atom stereocenters. The highest BCUT2D eigenvalue weighted by molar-refractivity contribution is 7.88. The minimum atomic E-state index is -3.35. The van der Waals surface area contributed by atoms with Crippen LogP contribution >= 0.6 is 11.6 Å². The predicted octanol–water partition coefficient (Wildman–Crippen LogP) is 3.86. The number of sulfonamides is 1. The van der Waals surface area contributed by atoms with Crippen molar-refractivity contribution in [2.24, 2.45) is 0 Å². The molecule has 48 heavy (non-hydrogen) atoms. The Morgan fingerprint density at radius 3 is 2.44 bits per heavy atom. The van der Waals surface area contributed by atoms with Crippen molar-refractivity contribution in [1.29, 1.82) is 0 Å². The van der Waals surface area contributed by atoms with Gasteiger partial charge in [-0.3, -0.25) is 14.4 Å². The second-order valence-electron chi connectivity index (χ2n) is 12.8. The number of nitrogens with one attached hydrogen (secondary N) is 1. The van der Waals surface area contributed by atoms with Crippen molar-refractivity contribution in [2.75, 3.05) is 71.8 Å². The molecule has 1 N–H and O–H groups in total. The Kier molecular flexibility index (Phi) is 11.5. The van der Waals surface area contributed by atoms with E-state index in [4.69, 9.17) is 21.4 Å². The van der Waals surface area contributed by atoms with Gasteiger partial charge in [-0.05, 0) is 75.3 Å². The third-order valence-electron chi connectivity index (χ3n) is 9.41. The van der Waals surface area contributed by atoms with Crippen molar-refractivity contribution in [2.45, 2.75) is 45.2 Å². The number of carbonyl (C=O) groups excluding carboxylic acids is 1. The van der Waals surface area contributed by atoms with Gasteiger partial charge in [-0.1, -0.05) is 35.9 Å². The maximum Gasteiger partial charge on any atom is 0.251 e. The number of benzene rings is 2. The second kappa shape index (κ2) is 16.0. The van der Waals surface area contributed by atoms with Gasteiger partial charge < -0.3 is 15.0 Å². The number of aromatic nitrogens is 2. The van der Waals surface area contributed by atoms with Gasteiger partial charge in [0.15, 0.2) is 0 Å². The van der Waals surface area contributed by atoms with Crippen LogP contribution in [0.1, 0.15) is 58.4 Å². The van der Waals surface area contributed by atoms with Gasteiger partial charge in [-0.2, -0.15) is 9.40 Å². The average molecular weight is 693 g/mol. The smallest absolute Gasteiger partial charge is 0.251 e. The maximum atomic E-state index is 12.6. The summed E-state index contributed by atoms with van der Waals surface area (Å²) >= 11 is 6.61. The Bertz CT molecular complexity index is 1750. The summed E-state index contributed by atoms with van der Waals surface area (Å²) in [6.07, 6.45) is 6.74. The molecule has 3 aliphatic rings. The Hall–Kier alpha value is -3.24. The van der Waals surface area contributed by atoms with Crippen LogP contribution < -0.4 is 5.32 Å². The van der Waals surface area contributed by atoms with Gasteiger partial charge in [0, 0.05) is 85.7 Å². The van der Waals surface area contributed by atoms with Crippen LogP contribution in [0.4, 0.5) is 0 Å². The van der Waals surface area contributed by atoms with Gasteiger partial charge in [0.05, 0.1) is 30.2 Å². The van der Waals surface area contributed by atoms with E-state index in [0.717, 1.165) is 93.5 Å². The van der Waals surface area contributed by atoms with Crippen molar-refractivity contribution in [1.82, 2.24) is 29.2 Å². The fourth-order valence-electron chi connectivity index (χ4n) is 6.66. The van der Waals surface area contributed by atoms with Gasteiger partial charge in [0.2, 0.25) is 10.0 Å². The minimum absolute atomic E-state index is 0.109. The van der Waals surface area contributed by atoms with E-state index in [-0.39, 0.29) is 5.91 Å². The summed E-state index contributed by atoms with van der Waals surface area (Å²) in [5.74, 6) is 6.28. The highest BCUT2D eigenvalue weighted by Crippen LogP contribution is 2.33. The number of hydrogen-bond donors (Lipinski definition) is 1. The van der Waals surface area contributed by atoms with Crippen LogP contribution in [-0.4, -0.2) is 110 Å². The van der Waals surface area contributed by atoms with E-state index in [2.05, 4.69) is 31.6 Å². The lowest BCUT2D eigenvalue weighted by Crippen LogP contribution is -2.41. The average Bonchev–Trinajstić information content (AvgIpc) is 3.46. The summed E-state index contributed by atoms with van der Waals surface area (Å²) in [6.45, 7) is 9.55. The molecule has 2 aromatic carbocycles. The molecule has 0 spiro atoms. The van der Waals surface area contributed by atoms with Gasteiger partial charge in [0.1, 0.15) is 0 Å². The number of fused-ring (bicyclic) bond motifs is 1. The van der Waals surface area contributed by atoms with Crippen LogP contribution in [0.3, 0.4) is 0 Å². The third-order valence-corrected chi connectivity index (χ3v) is 11.0. The molecule has 0 bridgehead atoms. The van der Waals surface area contributed by atoms with Crippen molar-refractivity contribution in [3.8, 4) is 23.1 Å². The second-order valence-corrected chi connectivity index (χ2v) is 15.2. The molecular weight excluding hydrogens is 648 g/mol. The van der Waals surface area contributed by atoms with Crippen LogP contribution in [0.2, 0.25) is 5.02 Å². The maximum absolute atomic E-state index is 12.6. The molecule has 0 saturated carbocycles. The molecule has 1 aromatic heterocycles. The summed E-state index contributed by atoms with van der Waals surface area (Å²) in [5, 5.41) is 8.58. The summed E-state index contributed by atoms with van der Waals surface area (Å²) in [7, 11) is -3.35. The lowest BCUT2D eigenvalue weighted by atomic mass is 10.0. The Balaban J connectivity index is 1.16. The first-order valence-electron chi connectivity index (χ1n) is 17.0. The number of hydrogen-bond acceptors (Lipinski definition) is 7. The van der Waals surface area contributed by atoms with Crippen LogP contribution in [0.25, 0.3) is 11.3 Å². The van der Waals surface area contributed by atoms with Crippen LogP contribution in [0.15, 0.2) is 42.5 Å². The summed E-state index contributed by atoms with van der Waals surface area (Å²) in [5.41, 5.74) is 5.70. The normalized spacial score (nSPS) is 17.8. The molecule has 0 aliphatic carbocycles. The Labute approximate surface area is 289 Å². The molecule has 2 saturated heterocycles. The van der Waals surface area contributed by atoms with E-state index < -0.39 is 10.0 Å². The topological polar surface area (TPSA) is 100 Å². The molecule has 4 heterocycles. The molecular formula is C36H45ClN6O4S. The number of likely N-dealkylation sites (tertiary alicyclic amines) is 1. The third kappa shape index (κ3) is 8.86. The summed E-state index contributed by atoms with van der Waals surface area (Å²) in [6, 6.07) is 12.9. The first kappa shape index (κ1) is 34.6. The molecule has 3 aliphatic heterocycles. The number of amides is 1. The molecule has 12 heteroatoms. The predicted molar refractivity (Wildman–Crippen MR) is 189 cm³/mol. The van der Waals surface area contributed by atoms with Crippen molar-refractivity contribution >= 4 is 27.5 Å². The molecule has 0 atom stereocenters.